The number of rotatable bonds is 13. The van der Waals surface area contributed by atoms with Crippen molar-refractivity contribution in [3.8, 4) is 0 Å². The minimum atomic E-state index is -0.155. The first-order valence-corrected chi connectivity index (χ1v) is 10.3. The van der Waals surface area contributed by atoms with Crippen LogP contribution in [0, 0.1) is 5.41 Å². The molecule has 0 amide bonds. The van der Waals surface area contributed by atoms with Gasteiger partial charge in [0.1, 0.15) is 5.78 Å². The van der Waals surface area contributed by atoms with E-state index >= 15 is 0 Å². The van der Waals surface area contributed by atoms with Crippen LogP contribution < -0.4 is 0 Å². The molecule has 1 aliphatic heterocycles. The summed E-state index contributed by atoms with van der Waals surface area (Å²) in [5, 5.41) is 0. The number of hydrogen-bond donors (Lipinski definition) is 0. The van der Waals surface area contributed by atoms with E-state index in [2.05, 4.69) is 11.8 Å². The molecule has 0 aromatic heterocycles. The van der Waals surface area contributed by atoms with Crippen LogP contribution in [0.1, 0.15) is 91.9 Å². The smallest absolute Gasteiger partial charge is 0.138 e. The van der Waals surface area contributed by atoms with E-state index in [1.54, 1.807) is 0 Å². The van der Waals surface area contributed by atoms with Crippen LogP contribution in [0.2, 0.25) is 0 Å². The van der Waals surface area contributed by atoms with Gasteiger partial charge in [0.05, 0.1) is 6.10 Å². The quantitative estimate of drug-likeness (QED) is 0.431. The number of Topliss-reactive ketones (excluding diaryl/α,β-unsaturated/α-hetero) is 1. The molecule has 142 valence electrons. The molecule has 0 aromatic rings. The van der Waals surface area contributed by atoms with E-state index in [0.29, 0.717) is 11.9 Å². The first-order valence-electron chi connectivity index (χ1n) is 10.3. The number of unbranched alkanes of at least 4 members (excludes halogenated alkanes) is 7. The Kier molecular flexibility index (Phi) is 10.8. The first-order chi connectivity index (χ1) is 11.4. The molecule has 0 saturated carbocycles. The Morgan fingerprint density at radius 3 is 2.17 bits per heavy atom. The maximum absolute atomic E-state index is 11.8. The second kappa shape index (κ2) is 12.0. The highest BCUT2D eigenvalue weighted by Gasteiger charge is 2.21. The Bertz CT molecular complexity index is 335. The van der Waals surface area contributed by atoms with Crippen molar-refractivity contribution in [2.45, 2.75) is 98.0 Å². The van der Waals surface area contributed by atoms with Crippen LogP contribution >= 0.6 is 0 Å². The molecule has 1 unspecified atom stereocenters. The molecule has 0 bridgehead atoms. The van der Waals surface area contributed by atoms with Gasteiger partial charge in [0, 0.05) is 31.5 Å². The molecule has 0 aromatic carbocycles. The Morgan fingerprint density at radius 1 is 1.00 bits per heavy atom. The molecule has 0 spiro atoms. The van der Waals surface area contributed by atoms with Crippen molar-refractivity contribution in [3.05, 3.63) is 0 Å². The zero-order valence-electron chi connectivity index (χ0n) is 16.7. The molecule has 1 fully saturated rings. The molecule has 1 atom stereocenters. The van der Waals surface area contributed by atoms with Crippen LogP contribution in [0.15, 0.2) is 0 Å². The summed E-state index contributed by atoms with van der Waals surface area (Å²) in [5.41, 5.74) is -0.155. The second-order valence-electron chi connectivity index (χ2n) is 8.42. The molecule has 3 heteroatoms. The number of ketones is 1. The summed E-state index contributed by atoms with van der Waals surface area (Å²) in [7, 11) is 0. The van der Waals surface area contributed by atoms with Crippen LogP contribution in [0.5, 0.6) is 0 Å². The van der Waals surface area contributed by atoms with Gasteiger partial charge in [-0.1, -0.05) is 59.3 Å². The summed E-state index contributed by atoms with van der Waals surface area (Å²) in [6.07, 6.45) is 12.8. The number of carbonyl (C=O) groups excluding carboxylic acids is 1. The Hall–Kier alpha value is -0.410. The fourth-order valence-corrected chi connectivity index (χ4v) is 3.43. The van der Waals surface area contributed by atoms with Crippen molar-refractivity contribution < 1.29 is 9.53 Å². The Balaban J connectivity index is 1.84. The van der Waals surface area contributed by atoms with Gasteiger partial charge in [-0.2, -0.15) is 0 Å². The van der Waals surface area contributed by atoms with E-state index in [-0.39, 0.29) is 5.41 Å². The lowest BCUT2D eigenvalue weighted by Gasteiger charge is -2.16. The molecule has 1 heterocycles. The Morgan fingerprint density at radius 2 is 1.58 bits per heavy atom. The maximum atomic E-state index is 11.8. The molecule has 3 nitrogen and oxygen atoms in total. The molecular formula is C21H41NO2. The van der Waals surface area contributed by atoms with Crippen molar-refractivity contribution in [1.29, 1.82) is 0 Å². The highest BCUT2D eigenvalue weighted by Crippen LogP contribution is 2.19. The summed E-state index contributed by atoms with van der Waals surface area (Å²) in [4.78, 5) is 14.4. The fraction of sp³-hybridized carbons (Fsp3) is 0.952. The fourth-order valence-electron chi connectivity index (χ4n) is 3.43. The van der Waals surface area contributed by atoms with E-state index in [1.807, 2.05) is 20.8 Å². The highest BCUT2D eigenvalue weighted by molar-refractivity contribution is 5.83. The number of likely N-dealkylation sites (tertiary alicyclic amines) is 1. The van der Waals surface area contributed by atoms with E-state index in [1.165, 1.54) is 64.5 Å². The minimum Gasteiger partial charge on any atom is -0.377 e. The normalized spacial score (nSPS) is 19.1. The lowest BCUT2D eigenvalue weighted by atomic mass is 9.88. The average Bonchev–Trinajstić information content (AvgIpc) is 2.96. The molecule has 1 saturated heterocycles. The lowest BCUT2D eigenvalue weighted by molar-refractivity contribution is -0.126. The second-order valence-corrected chi connectivity index (χ2v) is 8.42. The standard InChI is InChI=1S/C21H41NO2/c1-5-24-19-15-17-22(18-19)16-13-11-9-7-6-8-10-12-14-20(23)21(2,3)4/h19H,5-18H2,1-4H3. The number of hydrogen-bond acceptors (Lipinski definition) is 3. The van der Waals surface area contributed by atoms with Crippen LogP contribution in [0.25, 0.3) is 0 Å². The molecule has 0 radical (unpaired) electrons. The van der Waals surface area contributed by atoms with Crippen molar-refractivity contribution in [2.75, 3.05) is 26.2 Å². The van der Waals surface area contributed by atoms with E-state index < -0.39 is 0 Å². The molecule has 0 N–H and O–H groups in total. The SMILES string of the molecule is CCOC1CCN(CCCCCCCCCCC(=O)C(C)(C)C)C1. The summed E-state index contributed by atoms with van der Waals surface area (Å²) in [6, 6.07) is 0. The number of carbonyl (C=O) groups is 1. The molecule has 1 aliphatic rings. The third kappa shape index (κ3) is 9.78. The van der Waals surface area contributed by atoms with E-state index in [0.717, 1.165) is 26.0 Å². The first kappa shape index (κ1) is 21.6. The predicted molar refractivity (Wildman–Crippen MR) is 102 cm³/mol. The van der Waals surface area contributed by atoms with Crippen LogP contribution in [-0.2, 0) is 9.53 Å². The monoisotopic (exact) mass is 339 g/mol. The summed E-state index contributed by atoms with van der Waals surface area (Å²) in [5.74, 6) is 0.413. The number of ether oxygens (including phenoxy) is 1. The lowest BCUT2D eigenvalue weighted by Crippen LogP contribution is -2.24. The van der Waals surface area contributed by atoms with Crippen LogP contribution in [0.3, 0.4) is 0 Å². The number of nitrogens with zero attached hydrogens (tertiary/aromatic N) is 1. The van der Waals surface area contributed by atoms with Gasteiger partial charge in [-0.05, 0) is 32.7 Å². The highest BCUT2D eigenvalue weighted by atomic mass is 16.5. The zero-order chi connectivity index (χ0) is 17.8. The average molecular weight is 340 g/mol. The third-order valence-corrected chi connectivity index (χ3v) is 5.10. The summed E-state index contributed by atoms with van der Waals surface area (Å²) in [6.45, 7) is 12.6. The van der Waals surface area contributed by atoms with Gasteiger partial charge < -0.3 is 9.64 Å². The Labute approximate surface area is 150 Å². The van der Waals surface area contributed by atoms with Gasteiger partial charge >= 0.3 is 0 Å². The molecule has 0 aliphatic carbocycles. The predicted octanol–water partition coefficient (Wildman–Crippen LogP) is 5.22. The zero-order valence-corrected chi connectivity index (χ0v) is 16.7. The van der Waals surface area contributed by atoms with Gasteiger partial charge in [0.2, 0.25) is 0 Å². The van der Waals surface area contributed by atoms with E-state index in [4.69, 9.17) is 4.74 Å². The van der Waals surface area contributed by atoms with Crippen LogP contribution in [-0.4, -0.2) is 43.0 Å². The van der Waals surface area contributed by atoms with Crippen molar-refractivity contribution in [2.24, 2.45) is 5.41 Å². The minimum absolute atomic E-state index is 0.155. The third-order valence-electron chi connectivity index (χ3n) is 5.10. The van der Waals surface area contributed by atoms with Crippen molar-refractivity contribution in [3.63, 3.8) is 0 Å². The van der Waals surface area contributed by atoms with E-state index in [9.17, 15) is 4.79 Å². The summed E-state index contributed by atoms with van der Waals surface area (Å²) >= 11 is 0. The molecule has 1 rings (SSSR count). The van der Waals surface area contributed by atoms with Gasteiger partial charge in [0.25, 0.3) is 0 Å². The van der Waals surface area contributed by atoms with Gasteiger partial charge in [0.15, 0.2) is 0 Å². The molecule has 24 heavy (non-hydrogen) atoms. The van der Waals surface area contributed by atoms with Gasteiger partial charge in [-0.3, -0.25) is 4.79 Å². The van der Waals surface area contributed by atoms with Crippen LogP contribution in [0.4, 0.5) is 0 Å². The summed E-state index contributed by atoms with van der Waals surface area (Å²) < 4.78 is 5.70. The van der Waals surface area contributed by atoms with Crippen molar-refractivity contribution >= 4 is 5.78 Å². The largest absolute Gasteiger partial charge is 0.377 e. The topological polar surface area (TPSA) is 29.5 Å². The molecular weight excluding hydrogens is 298 g/mol. The maximum Gasteiger partial charge on any atom is 0.138 e. The van der Waals surface area contributed by atoms with Gasteiger partial charge in [-0.15, -0.1) is 0 Å². The van der Waals surface area contributed by atoms with Gasteiger partial charge in [-0.25, -0.2) is 0 Å². The van der Waals surface area contributed by atoms with Crippen molar-refractivity contribution in [1.82, 2.24) is 4.90 Å².